The molecule has 31 heavy (non-hydrogen) atoms. The quantitative estimate of drug-likeness (QED) is 0.572. The first-order chi connectivity index (χ1) is 15.1. The van der Waals surface area contributed by atoms with Crippen LogP contribution in [0.3, 0.4) is 0 Å². The van der Waals surface area contributed by atoms with Gasteiger partial charge in [-0.05, 0) is 46.0 Å². The van der Waals surface area contributed by atoms with Crippen molar-refractivity contribution in [2.24, 2.45) is 0 Å². The topological polar surface area (TPSA) is 65.1 Å². The Morgan fingerprint density at radius 2 is 1.65 bits per heavy atom. The lowest BCUT2D eigenvalue weighted by Crippen LogP contribution is -2.38. The molecule has 0 aliphatic carbocycles. The van der Waals surface area contributed by atoms with Gasteiger partial charge in [-0.15, -0.1) is 0 Å². The van der Waals surface area contributed by atoms with E-state index in [9.17, 15) is 9.59 Å². The lowest BCUT2D eigenvalue weighted by Gasteiger charge is -2.29. The van der Waals surface area contributed by atoms with E-state index in [2.05, 4.69) is 0 Å². The van der Waals surface area contributed by atoms with E-state index in [4.69, 9.17) is 14.2 Å². The van der Waals surface area contributed by atoms with Crippen LogP contribution >= 0.6 is 0 Å². The number of amides is 1. The van der Waals surface area contributed by atoms with Crippen molar-refractivity contribution < 1.29 is 23.8 Å². The minimum absolute atomic E-state index is 0.133. The molecule has 1 aliphatic heterocycles. The summed E-state index contributed by atoms with van der Waals surface area (Å²) in [6.45, 7) is 0.768. The molecule has 0 saturated heterocycles. The van der Waals surface area contributed by atoms with Gasteiger partial charge < -0.3 is 19.1 Å². The molecule has 1 amide bonds. The minimum Gasteiger partial charge on any atom is -0.493 e. The molecule has 6 nitrogen and oxygen atoms in total. The van der Waals surface area contributed by atoms with Gasteiger partial charge in [0.1, 0.15) is 0 Å². The summed E-state index contributed by atoms with van der Waals surface area (Å²) in [6.07, 6.45) is 0.847. The van der Waals surface area contributed by atoms with Crippen molar-refractivity contribution in [3.63, 3.8) is 0 Å². The Morgan fingerprint density at radius 3 is 2.42 bits per heavy atom. The fourth-order valence-corrected chi connectivity index (χ4v) is 3.98. The van der Waals surface area contributed by atoms with E-state index < -0.39 is 5.97 Å². The van der Waals surface area contributed by atoms with Crippen LogP contribution in [0.5, 0.6) is 11.5 Å². The molecule has 0 saturated carbocycles. The second-order valence-corrected chi connectivity index (χ2v) is 7.52. The Hall–Kier alpha value is -3.54. The number of methoxy groups -OCH3 is 2. The predicted molar refractivity (Wildman–Crippen MR) is 117 cm³/mol. The van der Waals surface area contributed by atoms with Crippen molar-refractivity contribution in [3.05, 3.63) is 71.3 Å². The molecule has 0 radical (unpaired) electrons. The smallest absolute Gasteiger partial charge is 0.310 e. The predicted octanol–water partition coefficient (Wildman–Crippen LogP) is 3.53. The average molecular weight is 419 g/mol. The highest BCUT2D eigenvalue weighted by molar-refractivity contribution is 5.89. The van der Waals surface area contributed by atoms with Crippen LogP contribution in [-0.2, 0) is 33.7 Å². The number of nitrogens with zero attached hydrogens (tertiary/aromatic N) is 1. The lowest BCUT2D eigenvalue weighted by molar-refractivity contribution is -0.151. The number of rotatable bonds is 6. The van der Waals surface area contributed by atoms with E-state index in [0.717, 1.165) is 27.5 Å². The van der Waals surface area contributed by atoms with Crippen LogP contribution in [0.25, 0.3) is 10.8 Å². The summed E-state index contributed by atoms with van der Waals surface area (Å²) in [5.41, 5.74) is 3.04. The van der Waals surface area contributed by atoms with E-state index in [1.165, 1.54) is 0 Å². The average Bonchev–Trinajstić information content (AvgIpc) is 2.81. The molecule has 3 aromatic rings. The Labute approximate surface area is 181 Å². The van der Waals surface area contributed by atoms with Crippen molar-refractivity contribution in [3.8, 4) is 11.5 Å². The normalized spacial score (nSPS) is 12.9. The van der Waals surface area contributed by atoms with Gasteiger partial charge in [-0.1, -0.05) is 42.5 Å². The molecule has 6 heteroatoms. The number of benzene rings is 3. The molecule has 1 aliphatic rings. The summed E-state index contributed by atoms with van der Waals surface area (Å²) in [7, 11) is 3.20. The van der Waals surface area contributed by atoms with Crippen LogP contribution < -0.4 is 9.47 Å². The maximum atomic E-state index is 12.6. The summed E-state index contributed by atoms with van der Waals surface area (Å²) in [5.74, 6) is 0.709. The van der Waals surface area contributed by atoms with Gasteiger partial charge in [0.25, 0.3) is 5.91 Å². The number of hydrogen-bond donors (Lipinski definition) is 0. The monoisotopic (exact) mass is 419 g/mol. The van der Waals surface area contributed by atoms with Gasteiger partial charge in [-0.2, -0.15) is 0 Å². The maximum Gasteiger partial charge on any atom is 0.310 e. The van der Waals surface area contributed by atoms with Crippen LogP contribution in [0.1, 0.15) is 16.7 Å². The summed E-state index contributed by atoms with van der Waals surface area (Å²) in [5, 5.41) is 2.09. The molecule has 4 rings (SSSR count). The summed E-state index contributed by atoms with van der Waals surface area (Å²) in [6, 6.07) is 17.6. The van der Waals surface area contributed by atoms with E-state index in [0.29, 0.717) is 31.0 Å². The second-order valence-electron chi connectivity index (χ2n) is 7.52. The first-order valence-electron chi connectivity index (χ1n) is 10.2. The Kier molecular flexibility index (Phi) is 6.07. The largest absolute Gasteiger partial charge is 0.493 e. The fraction of sp³-hybridized carbons (Fsp3) is 0.280. The van der Waals surface area contributed by atoms with Crippen molar-refractivity contribution in [2.75, 3.05) is 27.4 Å². The minimum atomic E-state index is -0.409. The Morgan fingerprint density at radius 1 is 0.935 bits per heavy atom. The fourth-order valence-electron chi connectivity index (χ4n) is 3.98. The SMILES string of the molecule is COc1cc2c(cc1OC)CN(C(=O)COC(=O)Cc1cccc3ccccc13)CC2. The molecule has 0 fully saturated rings. The molecule has 0 aromatic heterocycles. The first-order valence-corrected chi connectivity index (χ1v) is 10.2. The van der Waals surface area contributed by atoms with E-state index in [1.54, 1.807) is 19.1 Å². The maximum absolute atomic E-state index is 12.6. The van der Waals surface area contributed by atoms with Crippen LogP contribution in [0.2, 0.25) is 0 Å². The highest BCUT2D eigenvalue weighted by atomic mass is 16.5. The number of esters is 1. The Balaban J connectivity index is 1.36. The van der Waals surface area contributed by atoms with Crippen LogP contribution in [0, 0.1) is 0 Å². The number of ether oxygens (including phenoxy) is 3. The zero-order valence-corrected chi connectivity index (χ0v) is 17.7. The van der Waals surface area contributed by atoms with Crippen LogP contribution in [-0.4, -0.2) is 44.1 Å². The van der Waals surface area contributed by atoms with E-state index >= 15 is 0 Å². The standard InChI is InChI=1S/C25H25NO5/c1-29-22-12-18-10-11-26(15-20(18)13-23(22)30-2)24(27)16-31-25(28)14-19-8-5-7-17-6-3-4-9-21(17)19/h3-9,12-13H,10-11,14-16H2,1-2H3. The molecule has 3 aromatic carbocycles. The summed E-state index contributed by atoms with van der Waals surface area (Å²) >= 11 is 0. The molecule has 160 valence electrons. The first kappa shape index (κ1) is 20.7. The summed E-state index contributed by atoms with van der Waals surface area (Å²) < 4.78 is 16.0. The molecule has 0 N–H and O–H groups in total. The Bertz CT molecular complexity index is 1120. The van der Waals surface area contributed by atoms with Gasteiger partial charge in [0.05, 0.1) is 20.6 Å². The van der Waals surface area contributed by atoms with Crippen molar-refractivity contribution in [2.45, 2.75) is 19.4 Å². The number of carbonyl (C=O) groups is 2. The van der Waals surface area contributed by atoms with Gasteiger partial charge in [-0.25, -0.2) is 0 Å². The molecule has 0 atom stereocenters. The summed E-state index contributed by atoms with van der Waals surface area (Å²) in [4.78, 5) is 26.7. The molecule has 0 spiro atoms. The van der Waals surface area contributed by atoms with Crippen molar-refractivity contribution >= 4 is 22.6 Å². The molecule has 0 bridgehead atoms. The van der Waals surface area contributed by atoms with Gasteiger partial charge in [0, 0.05) is 13.1 Å². The van der Waals surface area contributed by atoms with E-state index in [-0.39, 0.29) is 18.9 Å². The van der Waals surface area contributed by atoms with Crippen LogP contribution in [0.15, 0.2) is 54.6 Å². The van der Waals surface area contributed by atoms with E-state index in [1.807, 2.05) is 54.6 Å². The third kappa shape index (κ3) is 4.48. The molecular weight excluding hydrogens is 394 g/mol. The van der Waals surface area contributed by atoms with Crippen molar-refractivity contribution in [1.29, 1.82) is 0 Å². The van der Waals surface area contributed by atoms with Crippen molar-refractivity contribution in [1.82, 2.24) is 4.90 Å². The van der Waals surface area contributed by atoms with Gasteiger partial charge in [0.15, 0.2) is 18.1 Å². The number of fused-ring (bicyclic) bond motifs is 2. The van der Waals surface area contributed by atoms with Gasteiger partial charge in [0.2, 0.25) is 0 Å². The lowest BCUT2D eigenvalue weighted by atomic mass is 9.99. The second kappa shape index (κ2) is 9.08. The van der Waals surface area contributed by atoms with Gasteiger partial charge >= 0.3 is 5.97 Å². The zero-order valence-electron chi connectivity index (χ0n) is 17.7. The number of hydrogen-bond acceptors (Lipinski definition) is 5. The number of carbonyl (C=O) groups excluding carboxylic acids is 2. The third-order valence-electron chi connectivity index (χ3n) is 5.64. The third-order valence-corrected chi connectivity index (χ3v) is 5.64. The molecule has 0 unspecified atom stereocenters. The molecular formula is C25H25NO5. The highest BCUT2D eigenvalue weighted by Crippen LogP contribution is 2.33. The zero-order chi connectivity index (χ0) is 21.8. The van der Waals surface area contributed by atoms with Crippen LogP contribution in [0.4, 0.5) is 0 Å². The highest BCUT2D eigenvalue weighted by Gasteiger charge is 2.23. The van der Waals surface area contributed by atoms with Gasteiger partial charge in [-0.3, -0.25) is 9.59 Å². The molecule has 1 heterocycles.